The van der Waals surface area contributed by atoms with Gasteiger partial charge in [-0.25, -0.2) is 4.98 Å². The summed E-state index contributed by atoms with van der Waals surface area (Å²) in [5.41, 5.74) is 3.51. The monoisotopic (exact) mass is 531 g/mol. The van der Waals surface area contributed by atoms with Gasteiger partial charge in [0.25, 0.3) is 5.56 Å². The molecule has 0 aliphatic rings. The molecule has 0 atom stereocenters. The molecule has 0 bridgehead atoms. The number of aromatic nitrogens is 2. The van der Waals surface area contributed by atoms with Gasteiger partial charge in [0.05, 0.1) is 31.3 Å². The number of rotatable bonds is 9. The lowest BCUT2D eigenvalue weighted by atomic mass is 9.96. The highest BCUT2D eigenvalue weighted by molar-refractivity contribution is 6.31. The van der Waals surface area contributed by atoms with Gasteiger partial charge in [-0.1, -0.05) is 50.2 Å². The van der Waals surface area contributed by atoms with Crippen molar-refractivity contribution in [2.45, 2.75) is 26.7 Å². The molecule has 0 saturated heterocycles. The molecule has 0 fully saturated rings. The zero-order chi connectivity index (χ0) is 27.4. The number of fused-ring (bicyclic) bond motifs is 1. The predicted octanol–water partition coefficient (Wildman–Crippen LogP) is 6.61. The molecule has 0 aliphatic carbocycles. The second-order valence-electron chi connectivity index (χ2n) is 9.00. The Hall–Kier alpha value is -4.10. The van der Waals surface area contributed by atoms with Gasteiger partial charge in [-0.2, -0.15) is 9.78 Å². The van der Waals surface area contributed by atoms with Crippen LogP contribution in [0, 0.1) is 6.92 Å². The van der Waals surface area contributed by atoms with Crippen LogP contribution in [0.15, 0.2) is 71.1 Å². The second kappa shape index (κ2) is 11.5. The number of methoxy groups -OCH3 is 2. The van der Waals surface area contributed by atoms with Gasteiger partial charge in [-0.15, -0.1) is 0 Å². The maximum absolute atomic E-state index is 13.7. The number of hydrogen-bond donors (Lipinski definition) is 0. The first-order valence-corrected chi connectivity index (χ1v) is 12.5. The summed E-state index contributed by atoms with van der Waals surface area (Å²) in [4.78, 5) is 18.6. The number of ether oxygens (including phenoxy) is 3. The molecule has 196 valence electrons. The van der Waals surface area contributed by atoms with Crippen LogP contribution in [0.1, 0.15) is 36.5 Å². The Kier molecular flexibility index (Phi) is 8.17. The maximum atomic E-state index is 13.7. The largest absolute Gasteiger partial charge is 0.496 e. The van der Waals surface area contributed by atoms with E-state index in [1.54, 1.807) is 37.5 Å². The molecule has 0 spiro atoms. The van der Waals surface area contributed by atoms with Crippen LogP contribution in [-0.2, 0) is 0 Å². The van der Waals surface area contributed by atoms with Crippen LogP contribution < -0.4 is 19.8 Å². The molecule has 0 radical (unpaired) electrons. The molecule has 0 N–H and O–H groups in total. The van der Waals surface area contributed by atoms with Gasteiger partial charge < -0.3 is 14.2 Å². The first-order chi connectivity index (χ1) is 18.3. The molecule has 0 amide bonds. The van der Waals surface area contributed by atoms with Crippen molar-refractivity contribution in [3.63, 3.8) is 0 Å². The van der Waals surface area contributed by atoms with E-state index in [1.165, 1.54) is 18.0 Å². The third-order valence-corrected chi connectivity index (χ3v) is 6.34. The Labute approximate surface area is 227 Å². The van der Waals surface area contributed by atoms with Crippen LogP contribution in [0.25, 0.3) is 22.3 Å². The van der Waals surface area contributed by atoms with E-state index in [0.29, 0.717) is 38.8 Å². The second-order valence-corrected chi connectivity index (χ2v) is 9.44. The third-order valence-electron chi connectivity index (χ3n) is 6.12. The van der Waals surface area contributed by atoms with Gasteiger partial charge in [-0.05, 0) is 54.3 Å². The minimum Gasteiger partial charge on any atom is -0.496 e. The van der Waals surface area contributed by atoms with Crippen LogP contribution in [-0.4, -0.2) is 36.7 Å². The van der Waals surface area contributed by atoms with E-state index < -0.39 is 0 Å². The predicted molar refractivity (Wildman–Crippen MR) is 154 cm³/mol. The van der Waals surface area contributed by atoms with Crippen molar-refractivity contribution in [1.82, 2.24) is 9.66 Å². The SMILES string of the molecule is C=CCOc1c(C=Nn2c(-c3cc(C(C)C)c(OC)cc3C)nc3ccccc3c2=O)cc(Cl)cc1OC. The molecule has 1 aromatic heterocycles. The summed E-state index contributed by atoms with van der Waals surface area (Å²) in [6.45, 7) is 10.1. The van der Waals surface area contributed by atoms with Crippen molar-refractivity contribution in [3.05, 3.63) is 93.3 Å². The Balaban J connectivity index is 1.99. The fourth-order valence-corrected chi connectivity index (χ4v) is 4.44. The molecule has 1 heterocycles. The van der Waals surface area contributed by atoms with E-state index in [0.717, 1.165) is 22.4 Å². The number of hydrogen-bond acceptors (Lipinski definition) is 6. The lowest BCUT2D eigenvalue weighted by Gasteiger charge is -2.17. The first-order valence-electron chi connectivity index (χ1n) is 12.1. The first kappa shape index (κ1) is 26.9. The standard InChI is InChI=1S/C30H30ClN3O4/c1-7-12-38-28-20(14-21(31)15-27(28)37-6)17-32-34-29(33-25-11-9-8-10-22(25)30(34)35)24-16-23(18(2)3)26(36-5)13-19(24)4/h7-11,13-18H,1,12H2,2-6H3. The number of benzene rings is 3. The summed E-state index contributed by atoms with van der Waals surface area (Å²) < 4.78 is 18.2. The Morgan fingerprint density at radius 1 is 1.11 bits per heavy atom. The normalized spacial score (nSPS) is 11.3. The molecule has 0 aliphatic heterocycles. The lowest BCUT2D eigenvalue weighted by Crippen LogP contribution is -2.21. The van der Waals surface area contributed by atoms with Crippen molar-refractivity contribution in [2.24, 2.45) is 5.10 Å². The third kappa shape index (κ3) is 5.29. The van der Waals surface area contributed by atoms with Crippen molar-refractivity contribution >= 4 is 28.7 Å². The average Bonchev–Trinajstić information content (AvgIpc) is 2.91. The average molecular weight is 532 g/mol. The zero-order valence-corrected chi connectivity index (χ0v) is 22.9. The molecule has 0 saturated carbocycles. The molecule has 7 nitrogen and oxygen atoms in total. The van der Waals surface area contributed by atoms with Crippen LogP contribution in [0.2, 0.25) is 5.02 Å². The molecule has 0 unspecified atom stereocenters. The van der Waals surface area contributed by atoms with Crippen LogP contribution in [0.4, 0.5) is 0 Å². The van der Waals surface area contributed by atoms with Crippen LogP contribution in [0.5, 0.6) is 17.2 Å². The summed E-state index contributed by atoms with van der Waals surface area (Å²) in [5, 5.41) is 5.50. The summed E-state index contributed by atoms with van der Waals surface area (Å²) in [5.74, 6) is 2.27. The van der Waals surface area contributed by atoms with E-state index in [9.17, 15) is 4.79 Å². The summed E-state index contributed by atoms with van der Waals surface area (Å²) >= 11 is 6.34. The van der Waals surface area contributed by atoms with E-state index in [2.05, 4.69) is 25.5 Å². The summed E-state index contributed by atoms with van der Waals surface area (Å²) in [6, 6.07) is 14.5. The summed E-state index contributed by atoms with van der Waals surface area (Å²) in [6.07, 6.45) is 3.15. The molecule has 4 rings (SSSR count). The van der Waals surface area contributed by atoms with Gasteiger partial charge in [-0.3, -0.25) is 4.79 Å². The van der Waals surface area contributed by atoms with E-state index >= 15 is 0 Å². The highest BCUT2D eigenvalue weighted by Crippen LogP contribution is 2.35. The minimum absolute atomic E-state index is 0.192. The Morgan fingerprint density at radius 3 is 2.53 bits per heavy atom. The number of para-hydroxylation sites is 1. The van der Waals surface area contributed by atoms with Crippen molar-refractivity contribution in [3.8, 4) is 28.6 Å². The smallest absolute Gasteiger partial charge is 0.282 e. The number of aryl methyl sites for hydroxylation is 1. The molecule has 4 aromatic rings. The van der Waals surface area contributed by atoms with Crippen molar-refractivity contribution < 1.29 is 14.2 Å². The highest BCUT2D eigenvalue weighted by Gasteiger charge is 2.19. The van der Waals surface area contributed by atoms with Crippen LogP contribution >= 0.6 is 11.6 Å². The van der Waals surface area contributed by atoms with Crippen molar-refractivity contribution in [2.75, 3.05) is 20.8 Å². The number of nitrogens with zero attached hydrogens (tertiary/aromatic N) is 3. The van der Waals surface area contributed by atoms with E-state index in [1.807, 2.05) is 31.2 Å². The maximum Gasteiger partial charge on any atom is 0.282 e. The Bertz CT molecular complexity index is 1590. The Morgan fingerprint density at radius 2 is 1.84 bits per heavy atom. The fraction of sp³-hybridized carbons (Fsp3) is 0.233. The van der Waals surface area contributed by atoms with Crippen LogP contribution in [0.3, 0.4) is 0 Å². The zero-order valence-electron chi connectivity index (χ0n) is 22.1. The topological polar surface area (TPSA) is 74.9 Å². The van der Waals surface area contributed by atoms with E-state index in [4.69, 9.17) is 30.8 Å². The number of halogens is 1. The minimum atomic E-state index is -0.300. The van der Waals surface area contributed by atoms with Gasteiger partial charge >= 0.3 is 0 Å². The van der Waals surface area contributed by atoms with Crippen molar-refractivity contribution in [1.29, 1.82) is 0 Å². The van der Waals surface area contributed by atoms with E-state index in [-0.39, 0.29) is 18.1 Å². The van der Waals surface area contributed by atoms with Gasteiger partial charge in [0.15, 0.2) is 17.3 Å². The lowest BCUT2D eigenvalue weighted by molar-refractivity contribution is 0.326. The summed E-state index contributed by atoms with van der Waals surface area (Å²) in [7, 11) is 3.18. The molecule has 8 heteroatoms. The molecule has 3 aromatic carbocycles. The molecular weight excluding hydrogens is 502 g/mol. The van der Waals surface area contributed by atoms with Gasteiger partial charge in [0, 0.05) is 22.2 Å². The quantitative estimate of drug-likeness (QED) is 0.179. The fourth-order valence-electron chi connectivity index (χ4n) is 4.23. The highest BCUT2D eigenvalue weighted by atomic mass is 35.5. The van der Waals surface area contributed by atoms with Gasteiger partial charge in [0.2, 0.25) is 0 Å². The molecular formula is C30H30ClN3O4. The van der Waals surface area contributed by atoms with Gasteiger partial charge in [0.1, 0.15) is 12.4 Å². The molecule has 38 heavy (non-hydrogen) atoms.